The summed E-state index contributed by atoms with van der Waals surface area (Å²) in [5.41, 5.74) is 2.18. The van der Waals surface area contributed by atoms with Crippen molar-refractivity contribution in [1.82, 2.24) is 14.9 Å². The van der Waals surface area contributed by atoms with Gasteiger partial charge in [-0.25, -0.2) is 4.98 Å². The Labute approximate surface area is 109 Å². The number of nitrogens with zero attached hydrogens (tertiary/aromatic N) is 3. The fraction of sp³-hybridized carbons (Fsp3) is 0.308. The summed E-state index contributed by atoms with van der Waals surface area (Å²) in [6, 6.07) is 3.93. The molecule has 3 rings (SSSR count). The summed E-state index contributed by atoms with van der Waals surface area (Å²) in [4.78, 5) is 23.2. The van der Waals surface area contributed by atoms with Gasteiger partial charge in [0.1, 0.15) is 5.01 Å². The number of carbonyl (C=O) groups excluding carboxylic acids is 1. The van der Waals surface area contributed by atoms with E-state index in [4.69, 9.17) is 0 Å². The first-order valence-corrected chi connectivity index (χ1v) is 6.70. The Kier molecular flexibility index (Phi) is 2.83. The molecular weight excluding hydrogens is 246 g/mol. The van der Waals surface area contributed by atoms with E-state index in [1.165, 1.54) is 4.88 Å². The van der Waals surface area contributed by atoms with Gasteiger partial charge in [-0.05, 0) is 12.1 Å². The van der Waals surface area contributed by atoms with Crippen LogP contribution in [0.15, 0.2) is 24.5 Å². The smallest absolute Gasteiger partial charge is 0.219 e. The number of amides is 1. The maximum absolute atomic E-state index is 11.4. The highest BCUT2D eigenvalue weighted by molar-refractivity contribution is 7.15. The van der Waals surface area contributed by atoms with Crippen LogP contribution >= 0.6 is 11.3 Å². The molecule has 0 fully saturated rings. The molecule has 3 heterocycles. The SMILES string of the molecule is CC(=O)N1CCc2nc(-c3cccnc3)sc2C1. The third-order valence-electron chi connectivity index (χ3n) is 3.09. The lowest BCUT2D eigenvalue weighted by molar-refractivity contribution is -0.129. The molecule has 0 unspecified atom stereocenters. The lowest BCUT2D eigenvalue weighted by Gasteiger charge is -2.24. The Balaban J connectivity index is 1.92. The Bertz CT molecular complexity index is 579. The van der Waals surface area contributed by atoms with Crippen LogP contribution < -0.4 is 0 Å². The summed E-state index contributed by atoms with van der Waals surface area (Å²) in [5, 5.41) is 0.999. The van der Waals surface area contributed by atoms with E-state index in [9.17, 15) is 4.79 Å². The van der Waals surface area contributed by atoms with Gasteiger partial charge in [-0.15, -0.1) is 11.3 Å². The molecular formula is C13H13N3OS. The van der Waals surface area contributed by atoms with Crippen LogP contribution in [0.1, 0.15) is 17.5 Å². The van der Waals surface area contributed by atoms with Crippen molar-refractivity contribution in [2.75, 3.05) is 6.54 Å². The van der Waals surface area contributed by atoms with E-state index in [1.807, 2.05) is 23.2 Å². The molecule has 2 aromatic rings. The van der Waals surface area contributed by atoms with E-state index in [1.54, 1.807) is 24.5 Å². The van der Waals surface area contributed by atoms with E-state index in [0.717, 1.165) is 29.2 Å². The lowest BCUT2D eigenvalue weighted by atomic mass is 10.2. The molecule has 92 valence electrons. The van der Waals surface area contributed by atoms with E-state index in [2.05, 4.69) is 9.97 Å². The molecule has 0 bridgehead atoms. The molecule has 0 aromatic carbocycles. The number of hydrogen-bond acceptors (Lipinski definition) is 4. The fourth-order valence-electron chi connectivity index (χ4n) is 2.08. The molecule has 18 heavy (non-hydrogen) atoms. The molecule has 0 radical (unpaired) electrons. The van der Waals surface area contributed by atoms with E-state index in [0.29, 0.717) is 6.54 Å². The molecule has 2 aromatic heterocycles. The molecule has 0 spiro atoms. The van der Waals surface area contributed by atoms with Gasteiger partial charge in [0, 0.05) is 42.7 Å². The van der Waals surface area contributed by atoms with Gasteiger partial charge in [-0.1, -0.05) is 0 Å². The highest BCUT2D eigenvalue weighted by Crippen LogP contribution is 2.31. The Hall–Kier alpha value is -1.75. The van der Waals surface area contributed by atoms with Crippen molar-refractivity contribution in [3.05, 3.63) is 35.1 Å². The Morgan fingerprint density at radius 3 is 3.11 bits per heavy atom. The molecule has 1 aliphatic heterocycles. The number of pyridine rings is 1. The van der Waals surface area contributed by atoms with Crippen LogP contribution in [-0.2, 0) is 17.8 Å². The van der Waals surface area contributed by atoms with Gasteiger partial charge in [0.2, 0.25) is 5.91 Å². The molecule has 1 aliphatic rings. The maximum atomic E-state index is 11.4. The van der Waals surface area contributed by atoms with Crippen LogP contribution in [-0.4, -0.2) is 27.3 Å². The lowest BCUT2D eigenvalue weighted by Crippen LogP contribution is -2.33. The van der Waals surface area contributed by atoms with Crippen molar-refractivity contribution in [1.29, 1.82) is 0 Å². The van der Waals surface area contributed by atoms with Crippen molar-refractivity contribution < 1.29 is 4.79 Å². The molecule has 1 amide bonds. The molecule has 5 heteroatoms. The number of carbonyl (C=O) groups is 1. The van der Waals surface area contributed by atoms with Crippen molar-refractivity contribution in [2.45, 2.75) is 19.9 Å². The first-order valence-electron chi connectivity index (χ1n) is 5.88. The topological polar surface area (TPSA) is 46.1 Å². The zero-order valence-corrected chi connectivity index (χ0v) is 10.9. The number of fused-ring (bicyclic) bond motifs is 1. The van der Waals surface area contributed by atoms with E-state index < -0.39 is 0 Å². The molecule has 0 aliphatic carbocycles. The number of thiazole rings is 1. The van der Waals surface area contributed by atoms with Crippen LogP contribution in [0, 0.1) is 0 Å². The van der Waals surface area contributed by atoms with Gasteiger partial charge >= 0.3 is 0 Å². The first kappa shape index (κ1) is 11.3. The quantitative estimate of drug-likeness (QED) is 0.788. The second-order valence-electron chi connectivity index (χ2n) is 4.32. The van der Waals surface area contributed by atoms with Gasteiger partial charge in [0.15, 0.2) is 0 Å². The summed E-state index contributed by atoms with van der Waals surface area (Å²) in [6.45, 7) is 3.09. The van der Waals surface area contributed by atoms with Crippen LogP contribution in [0.25, 0.3) is 10.6 Å². The minimum Gasteiger partial charge on any atom is -0.337 e. The van der Waals surface area contributed by atoms with Gasteiger partial charge in [0.25, 0.3) is 0 Å². The second kappa shape index (κ2) is 4.49. The van der Waals surface area contributed by atoms with Gasteiger partial charge in [0.05, 0.1) is 12.2 Å². The predicted molar refractivity (Wildman–Crippen MR) is 70.1 cm³/mol. The maximum Gasteiger partial charge on any atom is 0.219 e. The van der Waals surface area contributed by atoms with Crippen molar-refractivity contribution >= 4 is 17.2 Å². The summed E-state index contributed by atoms with van der Waals surface area (Å²) in [5.74, 6) is 0.136. The number of rotatable bonds is 1. The van der Waals surface area contributed by atoms with Crippen LogP contribution in [0.5, 0.6) is 0 Å². The van der Waals surface area contributed by atoms with Crippen molar-refractivity contribution in [2.24, 2.45) is 0 Å². The highest BCUT2D eigenvalue weighted by atomic mass is 32.1. The number of hydrogen-bond donors (Lipinski definition) is 0. The summed E-state index contributed by atoms with van der Waals surface area (Å²) in [7, 11) is 0. The largest absolute Gasteiger partial charge is 0.337 e. The normalized spacial score (nSPS) is 14.4. The predicted octanol–water partition coefficient (Wildman–Crippen LogP) is 2.11. The van der Waals surface area contributed by atoms with Crippen LogP contribution in [0.3, 0.4) is 0 Å². The summed E-state index contributed by atoms with van der Waals surface area (Å²) >= 11 is 1.66. The Morgan fingerprint density at radius 2 is 2.39 bits per heavy atom. The zero-order chi connectivity index (χ0) is 12.5. The number of aromatic nitrogens is 2. The van der Waals surface area contributed by atoms with Crippen LogP contribution in [0.4, 0.5) is 0 Å². The molecule has 4 nitrogen and oxygen atoms in total. The molecule has 0 atom stereocenters. The minimum absolute atomic E-state index is 0.136. The summed E-state index contributed by atoms with van der Waals surface area (Å²) < 4.78 is 0. The minimum atomic E-state index is 0.136. The average Bonchev–Trinajstić information content (AvgIpc) is 2.82. The van der Waals surface area contributed by atoms with Crippen molar-refractivity contribution in [3.8, 4) is 10.6 Å². The van der Waals surface area contributed by atoms with Gasteiger partial charge < -0.3 is 4.90 Å². The van der Waals surface area contributed by atoms with Gasteiger partial charge in [-0.3, -0.25) is 9.78 Å². The second-order valence-corrected chi connectivity index (χ2v) is 5.40. The average molecular weight is 259 g/mol. The molecule has 0 saturated carbocycles. The van der Waals surface area contributed by atoms with E-state index in [-0.39, 0.29) is 5.91 Å². The standard InChI is InChI=1S/C13H13N3OS/c1-9(17)16-6-4-11-12(8-16)18-13(15-11)10-3-2-5-14-7-10/h2-3,5,7H,4,6,8H2,1H3. The highest BCUT2D eigenvalue weighted by Gasteiger charge is 2.22. The summed E-state index contributed by atoms with van der Waals surface area (Å²) in [6.07, 6.45) is 4.44. The molecule has 0 N–H and O–H groups in total. The monoisotopic (exact) mass is 259 g/mol. The third kappa shape index (κ3) is 2.01. The van der Waals surface area contributed by atoms with Crippen molar-refractivity contribution in [3.63, 3.8) is 0 Å². The third-order valence-corrected chi connectivity index (χ3v) is 4.22. The van der Waals surface area contributed by atoms with E-state index >= 15 is 0 Å². The fourth-order valence-corrected chi connectivity index (χ4v) is 3.19. The zero-order valence-electron chi connectivity index (χ0n) is 10.1. The first-order chi connectivity index (χ1) is 8.74. The molecule has 0 saturated heterocycles. The Morgan fingerprint density at radius 1 is 1.50 bits per heavy atom. The van der Waals surface area contributed by atoms with Gasteiger partial charge in [-0.2, -0.15) is 0 Å². The van der Waals surface area contributed by atoms with Crippen LogP contribution in [0.2, 0.25) is 0 Å².